The normalized spacial score (nSPS) is 34.7. The van der Waals surface area contributed by atoms with Crippen molar-refractivity contribution < 1.29 is 24.8 Å². The molecule has 1 aliphatic heterocycles. The minimum atomic E-state index is -1.26. The summed E-state index contributed by atoms with van der Waals surface area (Å²) >= 11 is 0. The number of benzene rings is 1. The topological polar surface area (TPSA) is 79.2 Å². The van der Waals surface area contributed by atoms with Crippen molar-refractivity contribution in [1.29, 1.82) is 0 Å². The molecule has 16 heavy (non-hydrogen) atoms. The fourth-order valence-corrected chi connectivity index (χ4v) is 1.52. The quantitative estimate of drug-likeness (QED) is 0.634. The Kier molecular flexibility index (Phi) is 3.40. The van der Waals surface area contributed by atoms with E-state index in [1.165, 1.54) is 0 Å². The van der Waals surface area contributed by atoms with Gasteiger partial charge in [-0.15, -0.1) is 0 Å². The van der Waals surface area contributed by atoms with Gasteiger partial charge in [-0.2, -0.15) is 0 Å². The van der Waals surface area contributed by atoms with Crippen LogP contribution in [-0.2, 0) is 4.74 Å². The van der Waals surface area contributed by atoms with E-state index < -0.39 is 24.6 Å². The molecule has 4 atom stereocenters. The number of para-hydroxylation sites is 1. The van der Waals surface area contributed by atoms with Gasteiger partial charge in [-0.1, -0.05) is 18.2 Å². The first-order valence-corrected chi connectivity index (χ1v) is 5.06. The maximum Gasteiger partial charge on any atom is 0.228 e. The molecule has 1 aromatic rings. The fourth-order valence-electron chi connectivity index (χ4n) is 1.52. The van der Waals surface area contributed by atoms with Gasteiger partial charge < -0.3 is 24.8 Å². The Labute approximate surface area is 92.9 Å². The van der Waals surface area contributed by atoms with Gasteiger partial charge in [-0.05, 0) is 12.1 Å². The fraction of sp³-hybridized carbons (Fsp3) is 0.455. The van der Waals surface area contributed by atoms with E-state index in [1.54, 1.807) is 24.3 Å². The third-order valence-electron chi connectivity index (χ3n) is 2.45. The van der Waals surface area contributed by atoms with E-state index in [4.69, 9.17) is 9.47 Å². The lowest BCUT2D eigenvalue weighted by atomic mass is 10.1. The third kappa shape index (κ3) is 2.33. The summed E-state index contributed by atoms with van der Waals surface area (Å²) in [5, 5.41) is 28.3. The number of ether oxygens (including phenoxy) is 2. The lowest BCUT2D eigenvalue weighted by Crippen LogP contribution is -2.54. The molecule has 5 heteroatoms. The van der Waals surface area contributed by atoms with Crippen LogP contribution in [0.3, 0.4) is 0 Å². The van der Waals surface area contributed by atoms with Crippen molar-refractivity contribution in [3.63, 3.8) is 0 Å². The van der Waals surface area contributed by atoms with E-state index in [9.17, 15) is 15.3 Å². The molecule has 0 bridgehead atoms. The Morgan fingerprint density at radius 2 is 1.75 bits per heavy atom. The highest BCUT2D eigenvalue weighted by atomic mass is 16.7. The Balaban J connectivity index is 2.00. The van der Waals surface area contributed by atoms with Gasteiger partial charge in [0.2, 0.25) is 6.29 Å². The van der Waals surface area contributed by atoms with Crippen LogP contribution >= 0.6 is 0 Å². The summed E-state index contributed by atoms with van der Waals surface area (Å²) in [5.41, 5.74) is 0. The number of aliphatic hydroxyl groups is 3. The van der Waals surface area contributed by atoms with E-state index in [0.29, 0.717) is 5.75 Å². The molecule has 1 aliphatic rings. The summed E-state index contributed by atoms with van der Waals surface area (Å²) in [4.78, 5) is 0. The summed E-state index contributed by atoms with van der Waals surface area (Å²) in [7, 11) is 0. The SMILES string of the molecule is O[C@H]1[C@H](Oc2ccccc2)OC[C@H](O)[C@H]1O. The van der Waals surface area contributed by atoms with Crippen LogP contribution in [0.15, 0.2) is 30.3 Å². The maximum atomic E-state index is 9.61. The van der Waals surface area contributed by atoms with E-state index in [2.05, 4.69) is 0 Å². The average Bonchev–Trinajstić information content (AvgIpc) is 2.31. The first-order chi connectivity index (χ1) is 7.68. The van der Waals surface area contributed by atoms with Crippen molar-refractivity contribution >= 4 is 0 Å². The summed E-state index contributed by atoms with van der Waals surface area (Å²) < 4.78 is 10.4. The van der Waals surface area contributed by atoms with E-state index in [0.717, 1.165) is 0 Å². The highest BCUT2D eigenvalue weighted by Crippen LogP contribution is 2.19. The van der Waals surface area contributed by atoms with Gasteiger partial charge in [0, 0.05) is 0 Å². The zero-order valence-corrected chi connectivity index (χ0v) is 8.56. The van der Waals surface area contributed by atoms with Gasteiger partial charge in [-0.25, -0.2) is 0 Å². The summed E-state index contributed by atoms with van der Waals surface area (Å²) in [6, 6.07) is 8.84. The lowest BCUT2D eigenvalue weighted by molar-refractivity contribution is -0.242. The van der Waals surface area contributed by atoms with Crippen molar-refractivity contribution in [1.82, 2.24) is 0 Å². The van der Waals surface area contributed by atoms with Crippen molar-refractivity contribution in [2.24, 2.45) is 0 Å². The third-order valence-corrected chi connectivity index (χ3v) is 2.45. The molecule has 1 saturated heterocycles. The smallest absolute Gasteiger partial charge is 0.228 e. The van der Waals surface area contributed by atoms with Crippen LogP contribution < -0.4 is 4.74 Å². The van der Waals surface area contributed by atoms with Crippen LogP contribution in [-0.4, -0.2) is 46.5 Å². The van der Waals surface area contributed by atoms with Crippen LogP contribution in [0.4, 0.5) is 0 Å². The predicted octanol–water partition coefficient (Wildman–Crippen LogP) is -0.496. The Morgan fingerprint density at radius 1 is 1.06 bits per heavy atom. The number of hydrogen-bond acceptors (Lipinski definition) is 5. The second-order valence-corrected chi connectivity index (χ2v) is 3.68. The molecule has 0 radical (unpaired) electrons. The molecule has 3 N–H and O–H groups in total. The summed E-state index contributed by atoms with van der Waals surface area (Å²) in [6.07, 6.45) is -4.54. The zero-order chi connectivity index (χ0) is 11.5. The molecule has 88 valence electrons. The highest BCUT2D eigenvalue weighted by molar-refractivity contribution is 5.21. The van der Waals surface area contributed by atoms with Gasteiger partial charge >= 0.3 is 0 Å². The summed E-state index contributed by atoms with van der Waals surface area (Å²) in [5.74, 6) is 0.537. The van der Waals surface area contributed by atoms with Crippen molar-refractivity contribution in [2.75, 3.05) is 6.61 Å². The standard InChI is InChI=1S/C11H14O5/c12-8-6-15-11(10(14)9(8)13)16-7-4-2-1-3-5-7/h1-5,8-14H,6H2/t8-,9+,10+,11-/m0/s1. The zero-order valence-electron chi connectivity index (χ0n) is 8.56. The van der Waals surface area contributed by atoms with Crippen molar-refractivity contribution in [2.45, 2.75) is 24.6 Å². The molecule has 0 amide bonds. The lowest BCUT2D eigenvalue weighted by Gasteiger charge is -2.34. The van der Waals surface area contributed by atoms with Gasteiger partial charge in [0.1, 0.15) is 24.1 Å². The molecular formula is C11H14O5. The molecule has 1 heterocycles. The van der Waals surface area contributed by atoms with Crippen LogP contribution in [0.2, 0.25) is 0 Å². The van der Waals surface area contributed by atoms with Gasteiger partial charge in [-0.3, -0.25) is 0 Å². The number of aliphatic hydroxyl groups excluding tert-OH is 3. The van der Waals surface area contributed by atoms with Crippen LogP contribution in [0, 0.1) is 0 Å². The van der Waals surface area contributed by atoms with E-state index >= 15 is 0 Å². The summed E-state index contributed by atoms with van der Waals surface area (Å²) in [6.45, 7) is -0.0598. The molecular weight excluding hydrogens is 212 g/mol. The Bertz CT molecular complexity index is 328. The van der Waals surface area contributed by atoms with E-state index in [1.807, 2.05) is 6.07 Å². The largest absolute Gasteiger partial charge is 0.462 e. The maximum absolute atomic E-state index is 9.61. The first-order valence-electron chi connectivity index (χ1n) is 5.06. The number of hydrogen-bond donors (Lipinski definition) is 3. The predicted molar refractivity (Wildman–Crippen MR) is 54.8 cm³/mol. The Morgan fingerprint density at radius 3 is 2.44 bits per heavy atom. The van der Waals surface area contributed by atoms with Crippen molar-refractivity contribution in [3.8, 4) is 5.75 Å². The second-order valence-electron chi connectivity index (χ2n) is 3.68. The molecule has 5 nitrogen and oxygen atoms in total. The van der Waals surface area contributed by atoms with E-state index in [-0.39, 0.29) is 6.61 Å². The van der Waals surface area contributed by atoms with Crippen LogP contribution in [0.5, 0.6) is 5.75 Å². The van der Waals surface area contributed by atoms with Crippen molar-refractivity contribution in [3.05, 3.63) is 30.3 Å². The molecule has 1 aromatic carbocycles. The van der Waals surface area contributed by atoms with Gasteiger partial charge in [0.05, 0.1) is 6.61 Å². The molecule has 0 aromatic heterocycles. The number of rotatable bonds is 2. The monoisotopic (exact) mass is 226 g/mol. The van der Waals surface area contributed by atoms with Crippen LogP contribution in [0.25, 0.3) is 0 Å². The van der Waals surface area contributed by atoms with Gasteiger partial charge in [0.15, 0.2) is 0 Å². The minimum absolute atomic E-state index is 0.0598. The molecule has 0 aliphatic carbocycles. The van der Waals surface area contributed by atoms with Crippen LogP contribution in [0.1, 0.15) is 0 Å². The molecule has 0 spiro atoms. The highest BCUT2D eigenvalue weighted by Gasteiger charge is 2.38. The second kappa shape index (κ2) is 4.80. The molecule has 2 rings (SSSR count). The first kappa shape index (κ1) is 11.3. The molecule has 1 fully saturated rings. The van der Waals surface area contributed by atoms with Gasteiger partial charge in [0.25, 0.3) is 0 Å². The average molecular weight is 226 g/mol. The molecule has 0 saturated carbocycles. The minimum Gasteiger partial charge on any atom is -0.462 e. The molecule has 0 unspecified atom stereocenters. The Hall–Kier alpha value is -1.14.